The Bertz CT molecular complexity index is 250. The number of nitrogens with zero attached hydrogens (tertiary/aromatic N) is 1. The van der Waals surface area contributed by atoms with Gasteiger partial charge in [0.25, 0.3) is 0 Å². The molecule has 1 saturated heterocycles. The fraction of sp³-hybridized carbons (Fsp3) is 0.818. The second kappa shape index (κ2) is 5.26. The van der Waals surface area contributed by atoms with Crippen molar-refractivity contribution in [2.75, 3.05) is 26.8 Å². The first kappa shape index (κ1) is 12.2. The molecule has 0 saturated carbocycles. The number of hydrogen-bond donors (Lipinski definition) is 0. The third-order valence-electron chi connectivity index (χ3n) is 2.86. The Kier molecular flexibility index (Phi) is 4.27. The van der Waals surface area contributed by atoms with Crippen molar-refractivity contribution in [2.24, 2.45) is 11.8 Å². The van der Waals surface area contributed by atoms with Gasteiger partial charge in [0, 0.05) is 20.1 Å². The number of amides is 1. The van der Waals surface area contributed by atoms with Crippen molar-refractivity contribution in [2.45, 2.75) is 20.3 Å². The summed E-state index contributed by atoms with van der Waals surface area (Å²) in [7, 11) is 1.49. The Balaban J connectivity index is 2.44. The fourth-order valence-corrected chi connectivity index (χ4v) is 1.82. The van der Waals surface area contributed by atoms with Crippen LogP contribution in [0.2, 0.25) is 0 Å². The molecule has 0 aromatic carbocycles. The van der Waals surface area contributed by atoms with Gasteiger partial charge in [-0.1, -0.05) is 13.8 Å². The lowest BCUT2D eigenvalue weighted by Gasteiger charge is -2.16. The number of ether oxygens (including phenoxy) is 1. The molecule has 0 bridgehead atoms. The molecule has 1 amide bonds. The first-order valence-electron chi connectivity index (χ1n) is 5.33. The highest BCUT2D eigenvalue weighted by Crippen LogP contribution is 2.24. The van der Waals surface area contributed by atoms with Crippen LogP contribution in [0.3, 0.4) is 0 Å². The van der Waals surface area contributed by atoms with Gasteiger partial charge in [0.15, 0.2) is 5.78 Å². The van der Waals surface area contributed by atoms with Crippen molar-refractivity contribution in [3.63, 3.8) is 0 Å². The molecule has 1 unspecified atom stereocenters. The van der Waals surface area contributed by atoms with Crippen LogP contribution in [-0.2, 0) is 14.3 Å². The maximum Gasteiger partial charge on any atom is 0.223 e. The molecule has 86 valence electrons. The van der Waals surface area contributed by atoms with Gasteiger partial charge in [0.1, 0.15) is 6.61 Å². The first-order chi connectivity index (χ1) is 7.04. The maximum absolute atomic E-state index is 11.6. The number of rotatable bonds is 5. The molecule has 0 spiro atoms. The number of hydrogen-bond acceptors (Lipinski definition) is 3. The van der Waals surface area contributed by atoms with Crippen molar-refractivity contribution in [3.8, 4) is 0 Å². The van der Waals surface area contributed by atoms with Crippen LogP contribution in [0.5, 0.6) is 0 Å². The van der Waals surface area contributed by atoms with Crippen LogP contribution in [0.25, 0.3) is 0 Å². The molecule has 0 radical (unpaired) electrons. The van der Waals surface area contributed by atoms with Gasteiger partial charge in [-0.3, -0.25) is 9.59 Å². The van der Waals surface area contributed by atoms with E-state index in [1.54, 1.807) is 4.90 Å². The Morgan fingerprint density at radius 3 is 2.73 bits per heavy atom. The minimum absolute atomic E-state index is 0.0322. The van der Waals surface area contributed by atoms with E-state index < -0.39 is 0 Å². The molecular weight excluding hydrogens is 194 g/mol. The molecule has 1 rings (SSSR count). The second-order valence-electron chi connectivity index (χ2n) is 4.45. The van der Waals surface area contributed by atoms with Crippen molar-refractivity contribution in [1.29, 1.82) is 0 Å². The lowest BCUT2D eigenvalue weighted by molar-refractivity contribution is -0.133. The van der Waals surface area contributed by atoms with Crippen LogP contribution in [0.4, 0.5) is 0 Å². The van der Waals surface area contributed by atoms with Gasteiger partial charge in [-0.25, -0.2) is 0 Å². The summed E-state index contributed by atoms with van der Waals surface area (Å²) < 4.78 is 4.74. The molecule has 4 nitrogen and oxygen atoms in total. The predicted molar refractivity (Wildman–Crippen MR) is 56.4 cm³/mol. The zero-order valence-corrected chi connectivity index (χ0v) is 9.66. The number of carbonyl (C=O) groups is 2. The first-order valence-corrected chi connectivity index (χ1v) is 5.33. The van der Waals surface area contributed by atoms with E-state index in [1.165, 1.54) is 7.11 Å². The monoisotopic (exact) mass is 213 g/mol. The minimum atomic E-state index is -0.0322. The summed E-state index contributed by atoms with van der Waals surface area (Å²) in [6, 6.07) is 0. The molecule has 1 aliphatic heterocycles. The number of likely N-dealkylation sites (tertiary alicyclic amines) is 1. The Hall–Kier alpha value is -0.900. The summed E-state index contributed by atoms with van der Waals surface area (Å²) in [6.45, 7) is 5.23. The number of carbonyl (C=O) groups excluding carboxylic acids is 2. The van der Waals surface area contributed by atoms with E-state index in [0.29, 0.717) is 24.8 Å². The van der Waals surface area contributed by atoms with Crippen molar-refractivity contribution < 1.29 is 14.3 Å². The van der Waals surface area contributed by atoms with E-state index in [-0.39, 0.29) is 24.8 Å². The van der Waals surface area contributed by atoms with Gasteiger partial charge in [-0.15, -0.1) is 0 Å². The van der Waals surface area contributed by atoms with E-state index >= 15 is 0 Å². The standard InChI is InChI=1S/C11H19NO3/c1-8(2)9-4-11(14)12(5-9)6-10(13)7-15-3/h8-9H,4-7H2,1-3H3. The van der Waals surface area contributed by atoms with Crippen LogP contribution in [0.1, 0.15) is 20.3 Å². The lowest BCUT2D eigenvalue weighted by atomic mass is 9.95. The summed E-state index contributed by atoms with van der Waals surface area (Å²) >= 11 is 0. The number of ketones is 1. The summed E-state index contributed by atoms with van der Waals surface area (Å²) in [4.78, 5) is 24.5. The molecule has 1 heterocycles. The van der Waals surface area contributed by atoms with Crippen LogP contribution in [0, 0.1) is 11.8 Å². The van der Waals surface area contributed by atoms with Gasteiger partial charge in [0.05, 0.1) is 6.54 Å². The van der Waals surface area contributed by atoms with E-state index in [9.17, 15) is 9.59 Å². The van der Waals surface area contributed by atoms with Gasteiger partial charge in [-0.2, -0.15) is 0 Å². The van der Waals surface area contributed by atoms with E-state index in [1.807, 2.05) is 0 Å². The summed E-state index contributed by atoms with van der Waals surface area (Å²) in [5.41, 5.74) is 0. The second-order valence-corrected chi connectivity index (χ2v) is 4.45. The highest BCUT2D eigenvalue weighted by Gasteiger charge is 2.32. The van der Waals surface area contributed by atoms with E-state index in [0.717, 1.165) is 0 Å². The number of methoxy groups -OCH3 is 1. The summed E-state index contributed by atoms with van der Waals surface area (Å²) in [6.07, 6.45) is 0.581. The largest absolute Gasteiger partial charge is 0.377 e. The van der Waals surface area contributed by atoms with Crippen LogP contribution in [0.15, 0.2) is 0 Å². The Morgan fingerprint density at radius 1 is 1.60 bits per heavy atom. The van der Waals surface area contributed by atoms with Crippen molar-refractivity contribution >= 4 is 11.7 Å². The molecule has 1 aliphatic rings. The van der Waals surface area contributed by atoms with E-state index in [4.69, 9.17) is 4.74 Å². The summed E-state index contributed by atoms with van der Waals surface area (Å²) in [5, 5.41) is 0. The molecule has 0 aromatic heterocycles. The third kappa shape index (κ3) is 3.30. The minimum Gasteiger partial charge on any atom is -0.377 e. The fourth-order valence-electron chi connectivity index (χ4n) is 1.82. The molecule has 15 heavy (non-hydrogen) atoms. The van der Waals surface area contributed by atoms with Gasteiger partial charge >= 0.3 is 0 Å². The Labute approximate surface area is 90.6 Å². The van der Waals surface area contributed by atoms with Crippen molar-refractivity contribution in [1.82, 2.24) is 4.90 Å². The van der Waals surface area contributed by atoms with Crippen LogP contribution < -0.4 is 0 Å². The maximum atomic E-state index is 11.6. The number of Topliss-reactive ketones (excluding diaryl/α,β-unsaturated/α-hetero) is 1. The average molecular weight is 213 g/mol. The quantitative estimate of drug-likeness (QED) is 0.675. The average Bonchev–Trinajstić information content (AvgIpc) is 2.48. The summed E-state index contributed by atoms with van der Waals surface area (Å²) in [5.74, 6) is 0.956. The Morgan fingerprint density at radius 2 is 2.27 bits per heavy atom. The van der Waals surface area contributed by atoms with Crippen LogP contribution >= 0.6 is 0 Å². The smallest absolute Gasteiger partial charge is 0.223 e. The van der Waals surface area contributed by atoms with E-state index in [2.05, 4.69) is 13.8 Å². The lowest BCUT2D eigenvalue weighted by Crippen LogP contribution is -2.33. The van der Waals surface area contributed by atoms with Crippen LogP contribution in [-0.4, -0.2) is 43.4 Å². The zero-order valence-electron chi connectivity index (χ0n) is 9.66. The molecule has 0 aromatic rings. The SMILES string of the molecule is COCC(=O)CN1CC(C(C)C)CC1=O. The van der Waals surface area contributed by atoms with Gasteiger partial charge in [-0.05, 0) is 11.8 Å². The molecule has 1 atom stereocenters. The molecule has 4 heteroatoms. The van der Waals surface area contributed by atoms with Gasteiger partial charge in [0.2, 0.25) is 5.91 Å². The molecule has 0 N–H and O–H groups in total. The zero-order chi connectivity index (χ0) is 11.4. The normalized spacial score (nSPS) is 21.5. The van der Waals surface area contributed by atoms with Gasteiger partial charge < -0.3 is 9.64 Å². The predicted octanol–water partition coefficient (Wildman–Crippen LogP) is 0.706. The highest BCUT2D eigenvalue weighted by atomic mass is 16.5. The topological polar surface area (TPSA) is 46.6 Å². The molecule has 0 aliphatic carbocycles. The molecular formula is C11H19NO3. The highest BCUT2D eigenvalue weighted by molar-refractivity contribution is 5.87. The molecule has 1 fully saturated rings. The van der Waals surface area contributed by atoms with Crippen molar-refractivity contribution in [3.05, 3.63) is 0 Å². The third-order valence-corrected chi connectivity index (χ3v) is 2.86.